The standard InChI is InChI=1S/C10H16BrN3S/c1-4-7(3)15-9-8(11)6-13-10(14-9)12-5-2/h6-7H,4-5H2,1-3H3,(H,12,13,14). The number of hydrogen-bond acceptors (Lipinski definition) is 4. The van der Waals surface area contributed by atoms with Gasteiger partial charge in [-0.15, -0.1) is 11.8 Å². The maximum absolute atomic E-state index is 4.44. The smallest absolute Gasteiger partial charge is 0.223 e. The Morgan fingerprint density at radius 3 is 2.87 bits per heavy atom. The van der Waals surface area contributed by atoms with E-state index in [1.165, 1.54) is 0 Å². The summed E-state index contributed by atoms with van der Waals surface area (Å²) in [4.78, 5) is 8.62. The Hall–Kier alpha value is -0.290. The normalized spacial score (nSPS) is 12.5. The van der Waals surface area contributed by atoms with E-state index in [1.54, 1.807) is 18.0 Å². The Labute approximate surface area is 104 Å². The first-order chi connectivity index (χ1) is 7.17. The summed E-state index contributed by atoms with van der Waals surface area (Å²) in [5.74, 6) is 0.700. The predicted molar refractivity (Wildman–Crippen MR) is 69.5 cm³/mol. The predicted octanol–water partition coefficient (Wildman–Crippen LogP) is 3.56. The summed E-state index contributed by atoms with van der Waals surface area (Å²) in [6.45, 7) is 7.26. The Bertz CT molecular complexity index is 320. The second-order valence-corrected chi connectivity index (χ2v) is 5.50. The highest BCUT2D eigenvalue weighted by Gasteiger charge is 2.08. The van der Waals surface area contributed by atoms with Gasteiger partial charge in [-0.3, -0.25) is 0 Å². The van der Waals surface area contributed by atoms with Gasteiger partial charge in [0.15, 0.2) is 0 Å². The lowest BCUT2D eigenvalue weighted by Gasteiger charge is -2.10. The lowest BCUT2D eigenvalue weighted by atomic mass is 10.4. The van der Waals surface area contributed by atoms with Crippen LogP contribution in [0.3, 0.4) is 0 Å². The number of hydrogen-bond donors (Lipinski definition) is 1. The van der Waals surface area contributed by atoms with E-state index in [0.717, 1.165) is 22.5 Å². The van der Waals surface area contributed by atoms with Gasteiger partial charge in [0.2, 0.25) is 5.95 Å². The van der Waals surface area contributed by atoms with E-state index in [9.17, 15) is 0 Å². The van der Waals surface area contributed by atoms with Crippen LogP contribution in [-0.2, 0) is 0 Å². The number of nitrogens with one attached hydrogen (secondary N) is 1. The molecule has 0 radical (unpaired) electrons. The number of nitrogens with zero attached hydrogens (tertiary/aromatic N) is 2. The maximum Gasteiger partial charge on any atom is 0.223 e. The first-order valence-corrected chi connectivity index (χ1v) is 6.77. The first-order valence-electron chi connectivity index (χ1n) is 5.10. The molecule has 0 amide bonds. The molecule has 0 aliphatic rings. The molecular formula is C10H16BrN3S. The monoisotopic (exact) mass is 289 g/mol. The van der Waals surface area contributed by atoms with Gasteiger partial charge in [0.05, 0.1) is 4.47 Å². The molecule has 1 heterocycles. The summed E-state index contributed by atoms with van der Waals surface area (Å²) in [7, 11) is 0. The molecule has 1 N–H and O–H groups in total. The zero-order valence-corrected chi connectivity index (χ0v) is 11.7. The molecule has 0 aliphatic heterocycles. The first kappa shape index (κ1) is 12.8. The van der Waals surface area contributed by atoms with Crippen LogP contribution in [-0.4, -0.2) is 21.8 Å². The quantitative estimate of drug-likeness (QED) is 0.664. The fourth-order valence-electron chi connectivity index (χ4n) is 0.951. The minimum Gasteiger partial charge on any atom is -0.354 e. The van der Waals surface area contributed by atoms with Crippen molar-refractivity contribution in [1.29, 1.82) is 0 Å². The molecule has 5 heteroatoms. The molecule has 0 aliphatic carbocycles. The molecule has 15 heavy (non-hydrogen) atoms. The Balaban J connectivity index is 2.80. The molecular weight excluding hydrogens is 274 g/mol. The van der Waals surface area contributed by atoms with E-state index in [0.29, 0.717) is 11.2 Å². The molecule has 1 rings (SSSR count). The number of thioether (sulfide) groups is 1. The van der Waals surface area contributed by atoms with Gasteiger partial charge in [-0.25, -0.2) is 9.97 Å². The van der Waals surface area contributed by atoms with Gasteiger partial charge < -0.3 is 5.32 Å². The summed E-state index contributed by atoms with van der Waals surface area (Å²) in [5, 5.41) is 4.69. The number of aromatic nitrogens is 2. The highest BCUT2D eigenvalue weighted by Crippen LogP contribution is 2.30. The van der Waals surface area contributed by atoms with Crippen LogP contribution in [0.25, 0.3) is 0 Å². The summed E-state index contributed by atoms with van der Waals surface area (Å²) in [5.41, 5.74) is 0. The average Bonchev–Trinajstić information content (AvgIpc) is 2.23. The van der Waals surface area contributed by atoms with Gasteiger partial charge >= 0.3 is 0 Å². The molecule has 0 saturated carbocycles. The second-order valence-electron chi connectivity index (χ2n) is 3.21. The van der Waals surface area contributed by atoms with Crippen molar-refractivity contribution >= 4 is 33.6 Å². The van der Waals surface area contributed by atoms with Gasteiger partial charge in [0, 0.05) is 18.0 Å². The number of rotatable bonds is 5. The molecule has 0 spiro atoms. The summed E-state index contributed by atoms with van der Waals surface area (Å²) < 4.78 is 0.967. The third-order valence-corrected chi connectivity index (χ3v) is 4.05. The van der Waals surface area contributed by atoms with Crippen LogP contribution in [0.1, 0.15) is 27.2 Å². The van der Waals surface area contributed by atoms with Gasteiger partial charge in [0.25, 0.3) is 0 Å². The van der Waals surface area contributed by atoms with Gasteiger partial charge in [-0.1, -0.05) is 13.8 Å². The largest absolute Gasteiger partial charge is 0.354 e. The summed E-state index contributed by atoms with van der Waals surface area (Å²) >= 11 is 5.24. The van der Waals surface area contributed by atoms with Crippen LogP contribution in [0, 0.1) is 0 Å². The van der Waals surface area contributed by atoms with Crippen LogP contribution in [0.2, 0.25) is 0 Å². The molecule has 1 unspecified atom stereocenters. The molecule has 0 aromatic carbocycles. The molecule has 84 valence electrons. The Morgan fingerprint density at radius 2 is 2.27 bits per heavy atom. The SMILES string of the molecule is CCNc1ncc(Br)c(SC(C)CC)n1. The van der Waals surface area contributed by atoms with Crippen molar-refractivity contribution in [2.75, 3.05) is 11.9 Å². The van der Waals surface area contributed by atoms with Crippen molar-refractivity contribution < 1.29 is 0 Å². The zero-order chi connectivity index (χ0) is 11.3. The van der Waals surface area contributed by atoms with Crippen molar-refractivity contribution in [3.05, 3.63) is 10.7 Å². The maximum atomic E-state index is 4.44. The van der Waals surface area contributed by atoms with E-state index in [2.05, 4.69) is 45.1 Å². The van der Waals surface area contributed by atoms with Crippen LogP contribution in [0.4, 0.5) is 5.95 Å². The van der Waals surface area contributed by atoms with Crippen molar-refractivity contribution in [2.24, 2.45) is 0 Å². The second kappa shape index (κ2) is 6.33. The molecule has 1 aromatic heterocycles. The van der Waals surface area contributed by atoms with Crippen LogP contribution in [0.5, 0.6) is 0 Å². The summed E-state index contributed by atoms with van der Waals surface area (Å²) in [6, 6.07) is 0. The molecule has 1 atom stereocenters. The van der Waals surface area contributed by atoms with Crippen LogP contribution >= 0.6 is 27.7 Å². The van der Waals surface area contributed by atoms with E-state index in [4.69, 9.17) is 0 Å². The number of halogens is 1. The topological polar surface area (TPSA) is 37.8 Å². The van der Waals surface area contributed by atoms with E-state index >= 15 is 0 Å². The third-order valence-electron chi connectivity index (χ3n) is 1.93. The van der Waals surface area contributed by atoms with Crippen LogP contribution < -0.4 is 5.32 Å². The van der Waals surface area contributed by atoms with Gasteiger partial charge in [0.1, 0.15) is 5.03 Å². The fourth-order valence-corrected chi connectivity index (χ4v) is 2.27. The molecule has 3 nitrogen and oxygen atoms in total. The summed E-state index contributed by atoms with van der Waals surface area (Å²) in [6.07, 6.45) is 2.94. The fraction of sp³-hybridized carbons (Fsp3) is 0.600. The van der Waals surface area contributed by atoms with Crippen molar-refractivity contribution in [2.45, 2.75) is 37.5 Å². The lowest BCUT2D eigenvalue weighted by molar-refractivity contribution is 0.896. The Kier molecular flexibility index (Phi) is 5.39. The van der Waals surface area contributed by atoms with E-state index in [-0.39, 0.29) is 0 Å². The molecule has 0 fully saturated rings. The zero-order valence-electron chi connectivity index (χ0n) is 9.25. The molecule has 0 bridgehead atoms. The van der Waals surface area contributed by atoms with E-state index < -0.39 is 0 Å². The highest BCUT2D eigenvalue weighted by molar-refractivity contribution is 9.10. The molecule has 0 saturated heterocycles. The lowest BCUT2D eigenvalue weighted by Crippen LogP contribution is -2.03. The third kappa shape index (κ3) is 3.99. The van der Waals surface area contributed by atoms with Crippen molar-refractivity contribution in [1.82, 2.24) is 9.97 Å². The van der Waals surface area contributed by atoms with Crippen molar-refractivity contribution in [3.63, 3.8) is 0 Å². The molecule has 1 aromatic rings. The van der Waals surface area contributed by atoms with Gasteiger partial charge in [-0.05, 0) is 29.3 Å². The van der Waals surface area contributed by atoms with Crippen LogP contribution in [0.15, 0.2) is 15.7 Å². The minimum absolute atomic E-state index is 0.575. The highest BCUT2D eigenvalue weighted by atomic mass is 79.9. The Morgan fingerprint density at radius 1 is 1.53 bits per heavy atom. The average molecular weight is 290 g/mol. The van der Waals surface area contributed by atoms with Gasteiger partial charge in [-0.2, -0.15) is 0 Å². The number of anilines is 1. The van der Waals surface area contributed by atoms with E-state index in [1.807, 2.05) is 6.92 Å². The van der Waals surface area contributed by atoms with Crippen molar-refractivity contribution in [3.8, 4) is 0 Å². The minimum atomic E-state index is 0.575.